The standard InChI is InChI=1S/C26H27NO5S/c28-19(16-31-15-18-6-2-1-3-7-18)14-27-12-10-26(11-13-27)17-33-25-23(30)22(29)20-8-4-5-9-21(20)24(25)32-26/h1-9,19,28H,10-17H2. The average molecular weight is 466 g/mol. The number of carbonyl (C=O) groups excluding carboxylic acids is 2. The summed E-state index contributed by atoms with van der Waals surface area (Å²) in [5.74, 6) is 0.312. The first-order valence-electron chi connectivity index (χ1n) is 11.3. The molecule has 2 heterocycles. The van der Waals surface area contributed by atoms with E-state index in [0.29, 0.717) is 41.7 Å². The quantitative estimate of drug-likeness (QED) is 0.656. The van der Waals surface area contributed by atoms with Gasteiger partial charge in [-0.3, -0.25) is 9.59 Å². The lowest BCUT2D eigenvalue weighted by Crippen LogP contribution is -2.51. The Kier molecular flexibility index (Phi) is 6.38. The smallest absolute Gasteiger partial charge is 0.243 e. The Morgan fingerprint density at radius 3 is 2.45 bits per heavy atom. The second kappa shape index (κ2) is 9.43. The summed E-state index contributed by atoms with van der Waals surface area (Å²) in [7, 11) is 0. The molecular formula is C26H27NO5S. The van der Waals surface area contributed by atoms with E-state index in [1.165, 1.54) is 11.8 Å². The highest BCUT2D eigenvalue weighted by molar-refractivity contribution is 8.04. The van der Waals surface area contributed by atoms with Crippen molar-refractivity contribution >= 4 is 29.1 Å². The molecule has 1 saturated heterocycles. The van der Waals surface area contributed by atoms with Crippen molar-refractivity contribution in [1.29, 1.82) is 0 Å². The van der Waals surface area contributed by atoms with Crippen molar-refractivity contribution < 1.29 is 24.2 Å². The summed E-state index contributed by atoms with van der Waals surface area (Å²) in [6, 6.07) is 17.1. The number of allylic oxidation sites excluding steroid dienone is 1. The van der Waals surface area contributed by atoms with Gasteiger partial charge in [0.2, 0.25) is 11.6 Å². The first-order valence-corrected chi connectivity index (χ1v) is 12.3. The fourth-order valence-corrected chi connectivity index (χ4v) is 5.90. The number of rotatable bonds is 6. The van der Waals surface area contributed by atoms with Crippen molar-refractivity contribution in [3.8, 4) is 0 Å². The van der Waals surface area contributed by atoms with Crippen molar-refractivity contribution in [2.75, 3.05) is 32.0 Å². The molecule has 1 aliphatic carbocycles. The maximum absolute atomic E-state index is 12.6. The molecule has 0 bridgehead atoms. The number of ether oxygens (including phenoxy) is 2. The Morgan fingerprint density at radius 2 is 1.70 bits per heavy atom. The van der Waals surface area contributed by atoms with Gasteiger partial charge >= 0.3 is 0 Å². The summed E-state index contributed by atoms with van der Waals surface area (Å²) in [6.45, 7) is 2.95. The third-order valence-corrected chi connectivity index (χ3v) is 7.82. The van der Waals surface area contributed by atoms with Crippen LogP contribution in [0.3, 0.4) is 0 Å². The molecule has 1 N–H and O–H groups in total. The molecule has 2 aliphatic heterocycles. The molecular weight excluding hydrogens is 438 g/mol. The van der Waals surface area contributed by atoms with Crippen LogP contribution in [-0.4, -0.2) is 65.3 Å². The van der Waals surface area contributed by atoms with Gasteiger partial charge in [0.1, 0.15) is 16.3 Å². The van der Waals surface area contributed by atoms with Gasteiger partial charge in [-0.2, -0.15) is 0 Å². The zero-order valence-corrected chi connectivity index (χ0v) is 19.2. The molecule has 3 aliphatic rings. The van der Waals surface area contributed by atoms with Crippen LogP contribution in [-0.2, 0) is 20.9 Å². The molecule has 0 saturated carbocycles. The minimum Gasteiger partial charge on any atom is -0.484 e. The van der Waals surface area contributed by atoms with Gasteiger partial charge in [0.05, 0.1) is 19.3 Å². The van der Waals surface area contributed by atoms with E-state index in [0.717, 1.165) is 37.1 Å². The highest BCUT2D eigenvalue weighted by Gasteiger charge is 2.45. The molecule has 6 nitrogen and oxygen atoms in total. The second-order valence-electron chi connectivity index (χ2n) is 8.89. The summed E-state index contributed by atoms with van der Waals surface area (Å²) in [5, 5.41) is 10.4. The number of hydrogen-bond donors (Lipinski definition) is 1. The van der Waals surface area contributed by atoms with Gasteiger partial charge in [-0.05, 0) is 5.56 Å². The lowest BCUT2D eigenvalue weighted by molar-refractivity contribution is -0.111. The van der Waals surface area contributed by atoms with Gasteiger partial charge in [0.15, 0.2) is 0 Å². The van der Waals surface area contributed by atoms with Crippen LogP contribution in [0.5, 0.6) is 0 Å². The molecule has 1 fully saturated rings. The predicted octanol–water partition coefficient (Wildman–Crippen LogP) is 3.30. The van der Waals surface area contributed by atoms with Gasteiger partial charge in [-0.1, -0.05) is 54.6 Å². The van der Waals surface area contributed by atoms with E-state index >= 15 is 0 Å². The van der Waals surface area contributed by atoms with Crippen LogP contribution in [0, 0.1) is 0 Å². The van der Waals surface area contributed by atoms with Crippen LogP contribution in [0.4, 0.5) is 0 Å². The zero-order valence-electron chi connectivity index (χ0n) is 18.4. The molecule has 2 aromatic rings. The van der Waals surface area contributed by atoms with E-state index in [2.05, 4.69) is 4.90 Å². The Hall–Kier alpha value is -2.45. The van der Waals surface area contributed by atoms with Gasteiger partial charge in [0, 0.05) is 49.4 Å². The zero-order chi connectivity index (χ0) is 22.8. The minimum absolute atomic E-state index is 0.298. The number of nitrogens with zero attached hydrogens (tertiary/aromatic N) is 1. The monoisotopic (exact) mass is 465 g/mol. The molecule has 0 radical (unpaired) electrons. The maximum atomic E-state index is 12.6. The Labute approximate surface area is 197 Å². The van der Waals surface area contributed by atoms with Crippen LogP contribution in [0.2, 0.25) is 0 Å². The molecule has 0 amide bonds. The van der Waals surface area contributed by atoms with E-state index in [1.807, 2.05) is 42.5 Å². The van der Waals surface area contributed by atoms with Crippen LogP contribution in [0.25, 0.3) is 5.76 Å². The van der Waals surface area contributed by atoms with Crippen molar-refractivity contribution in [1.82, 2.24) is 4.90 Å². The minimum atomic E-state index is -0.549. The summed E-state index contributed by atoms with van der Waals surface area (Å²) in [6.07, 6.45) is 1.06. The highest BCUT2D eigenvalue weighted by atomic mass is 32.2. The Morgan fingerprint density at radius 1 is 1.00 bits per heavy atom. The number of aliphatic hydroxyl groups is 1. The molecule has 172 valence electrons. The van der Waals surface area contributed by atoms with E-state index in [1.54, 1.807) is 12.1 Å². The molecule has 1 unspecified atom stereocenters. The SMILES string of the molecule is O=C1C(=O)c2ccccc2C2=C1SCC1(CCN(CC(O)COCc3ccccc3)CC1)O2. The average Bonchev–Trinajstić information content (AvgIpc) is 2.85. The fourth-order valence-electron chi connectivity index (χ4n) is 4.64. The fraction of sp³-hybridized carbons (Fsp3) is 0.385. The Bertz CT molecular complexity index is 1080. The number of piperidine rings is 1. The van der Waals surface area contributed by atoms with Crippen molar-refractivity contribution in [2.24, 2.45) is 0 Å². The van der Waals surface area contributed by atoms with Crippen molar-refractivity contribution in [3.63, 3.8) is 0 Å². The van der Waals surface area contributed by atoms with Gasteiger partial charge in [-0.15, -0.1) is 11.8 Å². The van der Waals surface area contributed by atoms with Crippen molar-refractivity contribution in [2.45, 2.75) is 31.2 Å². The lowest BCUT2D eigenvalue weighted by atomic mass is 9.90. The number of ketones is 2. The van der Waals surface area contributed by atoms with Crippen LogP contribution >= 0.6 is 11.8 Å². The van der Waals surface area contributed by atoms with Crippen LogP contribution in [0.1, 0.15) is 34.3 Å². The number of thioether (sulfide) groups is 1. The number of hydrogen-bond acceptors (Lipinski definition) is 7. The Balaban J connectivity index is 1.16. The predicted molar refractivity (Wildman–Crippen MR) is 127 cm³/mol. The molecule has 1 spiro atoms. The summed E-state index contributed by atoms with van der Waals surface area (Å²) in [4.78, 5) is 27.7. The number of aliphatic hydroxyl groups excluding tert-OH is 1. The van der Waals surface area contributed by atoms with Crippen LogP contribution < -0.4 is 0 Å². The van der Waals surface area contributed by atoms with E-state index in [4.69, 9.17) is 9.47 Å². The second-order valence-corrected chi connectivity index (χ2v) is 9.88. The third-order valence-electron chi connectivity index (χ3n) is 6.49. The van der Waals surface area contributed by atoms with Crippen LogP contribution in [0.15, 0.2) is 59.5 Å². The molecule has 5 rings (SSSR count). The number of fused-ring (bicyclic) bond motifs is 2. The largest absolute Gasteiger partial charge is 0.484 e. The number of benzene rings is 2. The van der Waals surface area contributed by atoms with Crippen molar-refractivity contribution in [3.05, 3.63) is 76.2 Å². The van der Waals surface area contributed by atoms with E-state index < -0.39 is 17.7 Å². The van der Waals surface area contributed by atoms with Gasteiger partial charge < -0.3 is 19.5 Å². The molecule has 33 heavy (non-hydrogen) atoms. The number of carbonyl (C=O) groups is 2. The first kappa shape index (κ1) is 22.3. The molecule has 7 heteroatoms. The van der Waals surface area contributed by atoms with E-state index in [9.17, 15) is 14.7 Å². The molecule has 1 atom stereocenters. The van der Waals surface area contributed by atoms with Gasteiger partial charge in [0.25, 0.3) is 0 Å². The summed E-state index contributed by atoms with van der Waals surface area (Å²) >= 11 is 1.45. The number of β-amino-alcohol motifs (C(OH)–C–C–N with tert-alkyl or cyclic N) is 1. The first-order chi connectivity index (χ1) is 16.0. The summed E-state index contributed by atoms with van der Waals surface area (Å²) < 4.78 is 12.2. The maximum Gasteiger partial charge on any atom is 0.243 e. The van der Waals surface area contributed by atoms with Gasteiger partial charge in [-0.25, -0.2) is 0 Å². The topological polar surface area (TPSA) is 76.1 Å². The number of likely N-dealkylation sites (tertiary alicyclic amines) is 1. The lowest BCUT2D eigenvalue weighted by Gasteiger charge is -2.45. The van der Waals surface area contributed by atoms with E-state index in [-0.39, 0.29) is 5.60 Å². The number of Topliss-reactive ketones (excluding diaryl/α,β-unsaturated/α-hetero) is 2. The molecule has 0 aromatic heterocycles. The summed E-state index contributed by atoms with van der Waals surface area (Å²) in [5.41, 5.74) is 1.88. The normalized spacial score (nSPS) is 20.9. The third kappa shape index (κ3) is 4.64. The highest BCUT2D eigenvalue weighted by Crippen LogP contribution is 2.47. The molecule has 2 aromatic carbocycles.